The molecule has 1 fully saturated rings. The molecule has 2 nitrogen and oxygen atoms in total. The first-order valence-electron chi connectivity index (χ1n) is 3.71. The van der Waals surface area contributed by atoms with Crippen molar-refractivity contribution >= 4 is 0 Å². The van der Waals surface area contributed by atoms with Gasteiger partial charge in [0.15, 0.2) is 0 Å². The summed E-state index contributed by atoms with van der Waals surface area (Å²) in [5.41, 5.74) is 0. The van der Waals surface area contributed by atoms with E-state index in [2.05, 4.69) is 12.2 Å². The first-order chi connectivity index (χ1) is 4.34. The van der Waals surface area contributed by atoms with Gasteiger partial charge >= 0.3 is 0 Å². The average Bonchev–Trinajstić information content (AvgIpc) is 1.89. The molecule has 0 spiro atoms. The molecule has 2 heteroatoms. The Kier molecular flexibility index (Phi) is 2.49. The summed E-state index contributed by atoms with van der Waals surface area (Å²) in [5.74, 6) is 0.436. The van der Waals surface area contributed by atoms with Crippen LogP contribution in [0.5, 0.6) is 0 Å². The van der Waals surface area contributed by atoms with E-state index in [1.54, 1.807) is 0 Å². The van der Waals surface area contributed by atoms with Crippen LogP contribution in [0, 0.1) is 5.92 Å². The van der Waals surface area contributed by atoms with E-state index in [9.17, 15) is 5.11 Å². The van der Waals surface area contributed by atoms with Crippen molar-refractivity contribution in [2.24, 2.45) is 5.92 Å². The van der Waals surface area contributed by atoms with Crippen molar-refractivity contribution in [2.45, 2.75) is 25.9 Å². The van der Waals surface area contributed by atoms with Crippen molar-refractivity contribution < 1.29 is 5.11 Å². The van der Waals surface area contributed by atoms with Gasteiger partial charge in [0.05, 0.1) is 0 Å². The molecule has 2 atom stereocenters. The molecule has 9 heavy (non-hydrogen) atoms. The molecule has 1 saturated heterocycles. The van der Waals surface area contributed by atoms with Crippen molar-refractivity contribution in [1.82, 2.24) is 5.32 Å². The van der Waals surface area contributed by atoms with Gasteiger partial charge in [0, 0.05) is 6.54 Å². The lowest BCUT2D eigenvalue weighted by molar-refractivity contribution is 0.0174. The summed E-state index contributed by atoms with van der Waals surface area (Å²) in [7, 11) is 0. The standard InChI is InChI=1S/C7H14NO/c1-2-6-3-4-8-5-7(6)9/h6-8H,2-5H2,1H3. The molecule has 1 heterocycles. The minimum absolute atomic E-state index is 0.344. The van der Waals surface area contributed by atoms with Gasteiger partial charge in [-0.25, -0.2) is 5.11 Å². The van der Waals surface area contributed by atoms with Crippen LogP contribution < -0.4 is 5.32 Å². The second-order valence-corrected chi connectivity index (χ2v) is 2.70. The van der Waals surface area contributed by atoms with Gasteiger partial charge in [0.25, 0.3) is 0 Å². The predicted molar refractivity (Wildman–Crippen MR) is 35.7 cm³/mol. The molecule has 0 aromatic heterocycles. The molecular weight excluding hydrogens is 114 g/mol. The molecule has 0 aliphatic carbocycles. The zero-order valence-corrected chi connectivity index (χ0v) is 5.89. The van der Waals surface area contributed by atoms with Crippen molar-refractivity contribution in [1.29, 1.82) is 0 Å². The van der Waals surface area contributed by atoms with Crippen molar-refractivity contribution in [3.63, 3.8) is 0 Å². The van der Waals surface area contributed by atoms with Gasteiger partial charge in [0.1, 0.15) is 6.10 Å². The Morgan fingerprint density at radius 3 is 2.89 bits per heavy atom. The van der Waals surface area contributed by atoms with Crippen LogP contribution >= 0.6 is 0 Å². The largest absolute Gasteiger partial charge is 0.314 e. The summed E-state index contributed by atoms with van der Waals surface area (Å²) in [5, 5.41) is 14.1. The SMILES string of the molecule is CCC1CCNCC1[O]. The highest BCUT2D eigenvalue weighted by molar-refractivity contribution is 4.75. The predicted octanol–water partition coefficient (Wildman–Crippen LogP) is 0.805. The lowest BCUT2D eigenvalue weighted by atomic mass is 9.93. The molecule has 2 unspecified atom stereocenters. The Morgan fingerprint density at radius 1 is 1.67 bits per heavy atom. The van der Waals surface area contributed by atoms with Gasteiger partial charge in [-0.2, -0.15) is 0 Å². The Bertz CT molecular complexity index is 85.0. The summed E-state index contributed by atoms with van der Waals surface area (Å²) in [6, 6.07) is 0. The normalized spacial score (nSPS) is 36.7. The van der Waals surface area contributed by atoms with Gasteiger partial charge < -0.3 is 5.32 Å². The number of hydrogen-bond donors (Lipinski definition) is 1. The fourth-order valence-electron chi connectivity index (χ4n) is 1.35. The van der Waals surface area contributed by atoms with Crippen molar-refractivity contribution in [3.05, 3.63) is 0 Å². The molecule has 0 aromatic carbocycles. The summed E-state index contributed by atoms with van der Waals surface area (Å²) < 4.78 is 0. The van der Waals surface area contributed by atoms with E-state index >= 15 is 0 Å². The topological polar surface area (TPSA) is 31.9 Å². The van der Waals surface area contributed by atoms with Crippen LogP contribution in [-0.2, 0) is 5.11 Å². The Labute approximate surface area is 56.3 Å². The average molecular weight is 128 g/mol. The molecule has 1 rings (SSSR count). The van der Waals surface area contributed by atoms with Gasteiger partial charge in [-0.05, 0) is 18.9 Å². The van der Waals surface area contributed by atoms with E-state index < -0.39 is 0 Å². The van der Waals surface area contributed by atoms with Crippen LogP contribution in [0.2, 0.25) is 0 Å². The molecule has 1 aliphatic rings. The molecule has 0 amide bonds. The fourth-order valence-corrected chi connectivity index (χ4v) is 1.35. The Balaban J connectivity index is 2.30. The van der Waals surface area contributed by atoms with Gasteiger partial charge in [-0.3, -0.25) is 0 Å². The molecule has 1 N–H and O–H groups in total. The quantitative estimate of drug-likeness (QED) is 0.556. The summed E-state index contributed by atoms with van der Waals surface area (Å²) in [6.45, 7) is 3.82. The molecule has 0 bridgehead atoms. The van der Waals surface area contributed by atoms with Crippen LogP contribution in [0.25, 0.3) is 0 Å². The van der Waals surface area contributed by atoms with Crippen molar-refractivity contribution in [2.75, 3.05) is 13.1 Å². The van der Waals surface area contributed by atoms with Crippen LogP contribution in [0.4, 0.5) is 0 Å². The molecule has 0 saturated carbocycles. The van der Waals surface area contributed by atoms with E-state index in [0.717, 1.165) is 19.4 Å². The monoisotopic (exact) mass is 128 g/mol. The van der Waals surface area contributed by atoms with E-state index in [4.69, 9.17) is 0 Å². The van der Waals surface area contributed by atoms with Crippen LogP contribution in [0.1, 0.15) is 19.8 Å². The molecule has 1 aliphatic heterocycles. The Morgan fingerprint density at radius 2 is 2.44 bits per heavy atom. The first-order valence-corrected chi connectivity index (χ1v) is 3.71. The Hall–Kier alpha value is -0.0800. The van der Waals surface area contributed by atoms with Crippen LogP contribution in [0.3, 0.4) is 0 Å². The second-order valence-electron chi connectivity index (χ2n) is 2.70. The molecule has 1 radical (unpaired) electrons. The fraction of sp³-hybridized carbons (Fsp3) is 1.00. The molecule has 0 aromatic rings. The number of hydrogen-bond acceptors (Lipinski definition) is 1. The maximum atomic E-state index is 11.0. The minimum Gasteiger partial charge on any atom is -0.314 e. The first kappa shape index (κ1) is 7.03. The summed E-state index contributed by atoms with van der Waals surface area (Å²) >= 11 is 0. The van der Waals surface area contributed by atoms with E-state index in [1.807, 2.05) is 0 Å². The second kappa shape index (κ2) is 3.18. The summed E-state index contributed by atoms with van der Waals surface area (Å²) in [4.78, 5) is 0. The van der Waals surface area contributed by atoms with Gasteiger partial charge in [-0.15, -0.1) is 0 Å². The zero-order valence-electron chi connectivity index (χ0n) is 5.89. The maximum absolute atomic E-state index is 11.0. The highest BCUT2D eigenvalue weighted by Crippen LogP contribution is 2.15. The third-order valence-electron chi connectivity index (χ3n) is 2.09. The van der Waals surface area contributed by atoms with Crippen molar-refractivity contribution in [3.8, 4) is 0 Å². The van der Waals surface area contributed by atoms with E-state index in [0.29, 0.717) is 12.5 Å². The van der Waals surface area contributed by atoms with E-state index in [1.165, 1.54) is 0 Å². The highest BCUT2D eigenvalue weighted by atomic mass is 16.3. The molecule has 53 valence electrons. The molecular formula is C7H14NO. The highest BCUT2D eigenvalue weighted by Gasteiger charge is 2.21. The smallest absolute Gasteiger partial charge is 0.108 e. The van der Waals surface area contributed by atoms with E-state index in [-0.39, 0.29) is 6.10 Å². The zero-order chi connectivity index (χ0) is 6.69. The third kappa shape index (κ3) is 1.66. The third-order valence-corrected chi connectivity index (χ3v) is 2.09. The lowest BCUT2D eigenvalue weighted by Crippen LogP contribution is -2.39. The lowest BCUT2D eigenvalue weighted by Gasteiger charge is -2.25. The number of nitrogens with one attached hydrogen (secondary N) is 1. The minimum atomic E-state index is -0.344. The van der Waals surface area contributed by atoms with Crippen LogP contribution in [-0.4, -0.2) is 19.2 Å². The summed E-state index contributed by atoms with van der Waals surface area (Å²) in [6.07, 6.45) is 1.78. The van der Waals surface area contributed by atoms with Crippen LogP contribution in [0.15, 0.2) is 0 Å². The number of piperidine rings is 1. The maximum Gasteiger partial charge on any atom is 0.108 e. The number of rotatable bonds is 1. The van der Waals surface area contributed by atoms with Gasteiger partial charge in [0.2, 0.25) is 0 Å². The van der Waals surface area contributed by atoms with Gasteiger partial charge in [-0.1, -0.05) is 13.3 Å².